The van der Waals surface area contributed by atoms with Crippen molar-refractivity contribution in [3.8, 4) is 0 Å². The van der Waals surface area contributed by atoms with Crippen LogP contribution in [0, 0.1) is 5.92 Å². The Morgan fingerprint density at radius 3 is 2.00 bits per heavy atom. The van der Waals surface area contributed by atoms with Crippen molar-refractivity contribution in [3.05, 3.63) is 0 Å². The summed E-state index contributed by atoms with van der Waals surface area (Å²) in [6.45, 7) is 3.12. The number of rotatable bonds is 3. The van der Waals surface area contributed by atoms with Gasteiger partial charge in [-0.1, -0.05) is 6.92 Å². The summed E-state index contributed by atoms with van der Waals surface area (Å²) < 4.78 is 0. The zero-order valence-electron chi connectivity index (χ0n) is 6.11. The van der Waals surface area contributed by atoms with E-state index in [1.165, 1.54) is 6.92 Å². The molecule has 1 unspecified atom stereocenters. The molecule has 0 aromatic carbocycles. The smallest absolute Gasteiger partial charge is 0.320 e. The second-order valence-electron chi connectivity index (χ2n) is 2.46. The maximum Gasteiger partial charge on any atom is 0.320 e. The van der Waals surface area contributed by atoms with Gasteiger partial charge in [-0.05, 0) is 6.92 Å². The van der Waals surface area contributed by atoms with E-state index in [0.29, 0.717) is 0 Å². The van der Waals surface area contributed by atoms with Gasteiger partial charge in [-0.3, -0.25) is 4.79 Å². The van der Waals surface area contributed by atoms with Gasteiger partial charge >= 0.3 is 5.97 Å². The molecule has 4 heteroatoms. The van der Waals surface area contributed by atoms with Crippen LogP contribution < -0.4 is 5.73 Å². The number of aliphatic carboxylic acids is 1. The van der Waals surface area contributed by atoms with Crippen LogP contribution in [0.5, 0.6) is 0 Å². The van der Waals surface area contributed by atoms with Crippen molar-refractivity contribution in [3.63, 3.8) is 0 Å². The zero-order valence-corrected chi connectivity index (χ0v) is 6.11. The van der Waals surface area contributed by atoms with Crippen molar-refractivity contribution in [2.45, 2.75) is 26.0 Å². The fourth-order valence-electron chi connectivity index (χ4n) is 0.525. The average molecular weight is 147 g/mol. The second kappa shape index (κ2) is 3.53. The summed E-state index contributed by atoms with van der Waals surface area (Å²) in [4.78, 5) is 10.2. The topological polar surface area (TPSA) is 83.5 Å². The highest BCUT2D eigenvalue weighted by Crippen LogP contribution is 2.05. The summed E-state index contributed by atoms with van der Waals surface area (Å²) in [6.07, 6.45) is -0.675. The first-order valence-corrected chi connectivity index (χ1v) is 3.13. The molecule has 0 spiro atoms. The van der Waals surface area contributed by atoms with E-state index < -0.39 is 24.0 Å². The minimum Gasteiger partial charge on any atom is -0.480 e. The third kappa shape index (κ3) is 2.33. The highest BCUT2D eigenvalue weighted by atomic mass is 16.4. The molecule has 4 nitrogen and oxygen atoms in total. The number of nitrogens with two attached hydrogens (primary N) is 1. The molecule has 0 saturated heterocycles. The van der Waals surface area contributed by atoms with Gasteiger partial charge in [-0.2, -0.15) is 0 Å². The van der Waals surface area contributed by atoms with Crippen LogP contribution in [0.3, 0.4) is 0 Å². The van der Waals surface area contributed by atoms with Gasteiger partial charge < -0.3 is 15.9 Å². The van der Waals surface area contributed by atoms with Crippen LogP contribution in [0.15, 0.2) is 0 Å². The van der Waals surface area contributed by atoms with Crippen molar-refractivity contribution in [2.24, 2.45) is 11.7 Å². The Morgan fingerprint density at radius 1 is 1.50 bits per heavy atom. The lowest BCUT2D eigenvalue weighted by Crippen LogP contribution is -2.41. The van der Waals surface area contributed by atoms with Crippen LogP contribution in [0.4, 0.5) is 0 Å². The number of hydrogen-bond acceptors (Lipinski definition) is 3. The molecule has 0 aromatic heterocycles. The summed E-state index contributed by atoms with van der Waals surface area (Å²) in [6, 6.07) is -0.972. The van der Waals surface area contributed by atoms with Gasteiger partial charge in [0, 0.05) is 5.92 Å². The summed E-state index contributed by atoms with van der Waals surface area (Å²) in [5.74, 6) is -1.48. The second-order valence-corrected chi connectivity index (χ2v) is 2.46. The largest absolute Gasteiger partial charge is 0.480 e. The van der Waals surface area contributed by atoms with E-state index in [1.54, 1.807) is 6.92 Å². The van der Waals surface area contributed by atoms with Gasteiger partial charge in [-0.25, -0.2) is 0 Å². The molecule has 0 saturated carbocycles. The van der Waals surface area contributed by atoms with Gasteiger partial charge in [0.15, 0.2) is 0 Å². The quantitative estimate of drug-likeness (QED) is 0.498. The molecule has 0 aliphatic heterocycles. The fraction of sp³-hybridized carbons (Fsp3) is 0.833. The van der Waals surface area contributed by atoms with E-state index in [2.05, 4.69) is 0 Å². The van der Waals surface area contributed by atoms with E-state index in [9.17, 15) is 4.79 Å². The van der Waals surface area contributed by atoms with Crippen LogP contribution >= 0.6 is 0 Å². The van der Waals surface area contributed by atoms with Gasteiger partial charge in [-0.15, -0.1) is 0 Å². The Kier molecular flexibility index (Phi) is 3.32. The molecule has 0 aromatic rings. The van der Waals surface area contributed by atoms with E-state index in [-0.39, 0.29) is 0 Å². The first kappa shape index (κ1) is 9.39. The van der Waals surface area contributed by atoms with Gasteiger partial charge in [0.1, 0.15) is 6.04 Å². The molecule has 4 N–H and O–H groups in total. The first-order valence-electron chi connectivity index (χ1n) is 3.13. The molecule has 0 amide bonds. The average Bonchev–Trinajstić information content (AvgIpc) is 1.84. The fourth-order valence-corrected chi connectivity index (χ4v) is 0.525. The Bertz CT molecular complexity index is 124. The lowest BCUT2D eigenvalue weighted by atomic mass is 9.98. The van der Waals surface area contributed by atoms with Gasteiger partial charge in [0.05, 0.1) is 6.10 Å². The molecular formula is C6H13NO3. The van der Waals surface area contributed by atoms with E-state index >= 15 is 0 Å². The SMILES string of the molecule is CC([C@H](C)O)[C@H](N)C(=O)O. The monoisotopic (exact) mass is 147 g/mol. The Hall–Kier alpha value is -0.610. The molecule has 0 bridgehead atoms. The predicted molar refractivity (Wildman–Crippen MR) is 36.5 cm³/mol. The molecule has 0 aliphatic carbocycles. The number of carboxylic acid groups (broad SMARTS) is 1. The maximum atomic E-state index is 10.2. The zero-order chi connectivity index (χ0) is 8.31. The van der Waals surface area contributed by atoms with Crippen molar-refractivity contribution in [2.75, 3.05) is 0 Å². The number of carbonyl (C=O) groups is 1. The highest BCUT2D eigenvalue weighted by Gasteiger charge is 2.23. The number of aliphatic hydroxyl groups is 1. The third-order valence-corrected chi connectivity index (χ3v) is 1.61. The number of aliphatic hydroxyl groups excluding tert-OH is 1. The van der Waals surface area contributed by atoms with Gasteiger partial charge in [0.25, 0.3) is 0 Å². The normalized spacial score (nSPS) is 19.6. The summed E-state index contributed by atoms with van der Waals surface area (Å²) in [5.41, 5.74) is 5.20. The molecule has 60 valence electrons. The molecule has 0 radical (unpaired) electrons. The molecule has 3 atom stereocenters. The Morgan fingerprint density at radius 2 is 1.90 bits per heavy atom. The van der Waals surface area contributed by atoms with E-state index in [0.717, 1.165) is 0 Å². The molecular weight excluding hydrogens is 134 g/mol. The number of carboxylic acids is 1. The molecule has 0 rings (SSSR count). The highest BCUT2D eigenvalue weighted by molar-refractivity contribution is 5.73. The molecule has 10 heavy (non-hydrogen) atoms. The summed E-state index contributed by atoms with van der Waals surface area (Å²) >= 11 is 0. The first-order chi connectivity index (χ1) is 4.46. The van der Waals surface area contributed by atoms with E-state index in [4.69, 9.17) is 15.9 Å². The van der Waals surface area contributed by atoms with Crippen LogP contribution in [0.1, 0.15) is 13.8 Å². The summed E-state index contributed by atoms with van der Waals surface area (Å²) in [7, 11) is 0. The minimum absolute atomic E-state index is 0.405. The summed E-state index contributed by atoms with van der Waals surface area (Å²) in [5, 5.41) is 17.3. The lowest BCUT2D eigenvalue weighted by Gasteiger charge is -2.17. The van der Waals surface area contributed by atoms with Crippen LogP contribution in [-0.4, -0.2) is 28.3 Å². The van der Waals surface area contributed by atoms with Crippen molar-refractivity contribution >= 4 is 5.97 Å². The molecule has 0 fully saturated rings. The predicted octanol–water partition coefficient (Wildman–Crippen LogP) is -0.585. The van der Waals surface area contributed by atoms with Crippen LogP contribution in [0.2, 0.25) is 0 Å². The minimum atomic E-state index is -1.08. The van der Waals surface area contributed by atoms with Crippen LogP contribution in [0.25, 0.3) is 0 Å². The number of hydrogen-bond donors (Lipinski definition) is 3. The standard InChI is InChI=1S/C6H13NO3/c1-3(4(2)8)5(7)6(9)10/h3-5,8H,7H2,1-2H3,(H,9,10)/t3?,4-,5-/m0/s1. The van der Waals surface area contributed by atoms with Crippen molar-refractivity contribution in [1.82, 2.24) is 0 Å². The molecule has 0 aliphatic rings. The Labute approximate surface area is 59.7 Å². The molecule has 0 heterocycles. The lowest BCUT2D eigenvalue weighted by molar-refractivity contribution is -0.140. The van der Waals surface area contributed by atoms with Crippen molar-refractivity contribution in [1.29, 1.82) is 0 Å². The van der Waals surface area contributed by atoms with Gasteiger partial charge in [0.2, 0.25) is 0 Å². The maximum absolute atomic E-state index is 10.2. The van der Waals surface area contributed by atoms with Crippen LogP contribution in [-0.2, 0) is 4.79 Å². The van der Waals surface area contributed by atoms with E-state index in [1.807, 2.05) is 0 Å². The van der Waals surface area contributed by atoms with Crippen molar-refractivity contribution < 1.29 is 15.0 Å². The Balaban J connectivity index is 3.94. The third-order valence-electron chi connectivity index (χ3n) is 1.61.